The molecule has 0 radical (unpaired) electrons. The van der Waals surface area contributed by atoms with Crippen LogP contribution in [0.3, 0.4) is 0 Å². The molecule has 0 bridgehead atoms. The largest absolute Gasteiger partial charge is 0.422 e. The molecule has 0 saturated carbocycles. The molecule has 0 aromatic heterocycles. The quantitative estimate of drug-likeness (QED) is 0.123. The number of alkyl halides is 3. The van der Waals surface area contributed by atoms with Gasteiger partial charge in [-0.25, -0.2) is 30.7 Å². The highest BCUT2D eigenvalue weighted by atomic mass is 19.4. The first-order valence-electron chi connectivity index (χ1n) is 10.4. The highest BCUT2D eigenvalue weighted by Gasteiger charge is 2.43. The minimum Gasteiger partial charge on any atom is -0.206 e. The molecule has 0 amide bonds. The third-order valence-electron chi connectivity index (χ3n) is 5.99. The monoisotopic (exact) mass is 524 g/mol. The molecular weight excluding hydrogens is 514 g/mol. The first kappa shape index (κ1) is 24.6. The molecule has 5 aromatic rings. The smallest absolute Gasteiger partial charge is 0.206 e. The van der Waals surface area contributed by atoms with Crippen LogP contribution in [0.15, 0.2) is 60.7 Å². The maximum absolute atomic E-state index is 15.3. The van der Waals surface area contributed by atoms with E-state index in [0.29, 0.717) is 17.7 Å². The average Bonchev–Trinajstić information content (AvgIpc) is 2.83. The van der Waals surface area contributed by atoms with Crippen molar-refractivity contribution in [2.45, 2.75) is 6.18 Å². The molecule has 0 aliphatic heterocycles. The number of hydrogen-bond donors (Lipinski definition) is 0. The van der Waals surface area contributed by atoms with Gasteiger partial charge in [-0.3, -0.25) is 0 Å². The van der Waals surface area contributed by atoms with E-state index >= 15 is 13.2 Å². The van der Waals surface area contributed by atoms with E-state index in [4.69, 9.17) is 0 Å². The van der Waals surface area contributed by atoms with Crippen molar-refractivity contribution in [3.63, 3.8) is 0 Å². The lowest BCUT2D eigenvalue weighted by Crippen LogP contribution is -2.16. The summed E-state index contributed by atoms with van der Waals surface area (Å²) in [6, 6.07) is 12.2. The van der Waals surface area contributed by atoms with Crippen LogP contribution in [-0.2, 0) is 6.18 Å². The van der Waals surface area contributed by atoms with Crippen molar-refractivity contribution in [3.8, 4) is 22.3 Å². The fourth-order valence-corrected chi connectivity index (χ4v) is 4.50. The van der Waals surface area contributed by atoms with E-state index in [1.54, 1.807) is 18.2 Å². The van der Waals surface area contributed by atoms with E-state index in [0.717, 1.165) is 6.07 Å². The zero-order valence-electron chi connectivity index (χ0n) is 18.1. The summed E-state index contributed by atoms with van der Waals surface area (Å²) in [5.41, 5.74) is -5.08. The zero-order valence-corrected chi connectivity index (χ0v) is 18.1. The Hall–Kier alpha value is -4.08. The Labute approximate surface area is 201 Å². The summed E-state index contributed by atoms with van der Waals surface area (Å²) in [4.78, 5) is 0. The van der Waals surface area contributed by atoms with Gasteiger partial charge in [0.05, 0.1) is 5.56 Å². The fraction of sp³-hybridized carbons (Fsp3) is 0.0370. The molecule has 0 aliphatic rings. The summed E-state index contributed by atoms with van der Waals surface area (Å²) in [6.07, 6.45) is -5.81. The van der Waals surface area contributed by atoms with Gasteiger partial charge in [-0.1, -0.05) is 42.5 Å². The lowest BCUT2D eigenvalue weighted by atomic mass is 9.85. The second kappa shape index (κ2) is 8.50. The molecule has 188 valence electrons. The van der Waals surface area contributed by atoms with E-state index in [2.05, 4.69) is 0 Å². The molecule has 0 saturated heterocycles. The lowest BCUT2D eigenvalue weighted by Gasteiger charge is -2.20. The van der Waals surface area contributed by atoms with Gasteiger partial charge in [0.25, 0.3) is 0 Å². The van der Waals surface area contributed by atoms with Gasteiger partial charge in [0.15, 0.2) is 34.9 Å². The van der Waals surface area contributed by atoms with E-state index in [1.807, 2.05) is 0 Å². The van der Waals surface area contributed by atoms with Crippen LogP contribution in [0.4, 0.5) is 43.9 Å². The Kier molecular flexibility index (Phi) is 5.65. The molecule has 0 atom stereocenters. The standard InChI is InChI=1S/C27H10F10/c28-15-8-4-7-12-18(11-5-2-1-3-6-11)13-9-16(29)17(30)10-14(13)20(19(12)15)21-23(31)25(33)22(27(35,36)37)26(34)24(21)32/h1-10H. The van der Waals surface area contributed by atoms with Crippen molar-refractivity contribution >= 4 is 21.5 Å². The molecule has 37 heavy (non-hydrogen) atoms. The number of rotatable bonds is 2. The van der Waals surface area contributed by atoms with Crippen LogP contribution in [0.1, 0.15) is 5.56 Å². The first-order valence-corrected chi connectivity index (χ1v) is 10.4. The van der Waals surface area contributed by atoms with E-state index in [9.17, 15) is 30.7 Å². The molecule has 0 nitrogen and oxygen atoms in total. The second-order valence-corrected chi connectivity index (χ2v) is 8.09. The molecule has 5 aromatic carbocycles. The topological polar surface area (TPSA) is 0 Å². The predicted molar refractivity (Wildman–Crippen MR) is 117 cm³/mol. The van der Waals surface area contributed by atoms with E-state index < -0.39 is 74.4 Å². The fourth-order valence-electron chi connectivity index (χ4n) is 4.50. The Morgan fingerprint density at radius 2 is 1.00 bits per heavy atom. The predicted octanol–water partition coefficient (Wildman–Crippen LogP) is 9.32. The summed E-state index contributed by atoms with van der Waals surface area (Å²) < 4.78 is 143. The molecule has 0 spiro atoms. The lowest BCUT2D eigenvalue weighted by molar-refractivity contribution is -0.143. The highest BCUT2D eigenvalue weighted by Crippen LogP contribution is 2.48. The van der Waals surface area contributed by atoms with Gasteiger partial charge in [-0.15, -0.1) is 0 Å². The number of benzene rings is 5. The van der Waals surface area contributed by atoms with Crippen molar-refractivity contribution in [2.24, 2.45) is 0 Å². The maximum atomic E-state index is 15.3. The molecule has 0 unspecified atom stereocenters. The Balaban J connectivity index is 2.09. The molecule has 0 heterocycles. The van der Waals surface area contributed by atoms with Crippen molar-refractivity contribution in [2.75, 3.05) is 0 Å². The summed E-state index contributed by atoms with van der Waals surface area (Å²) in [5.74, 6) is -14.6. The number of hydrogen-bond acceptors (Lipinski definition) is 0. The van der Waals surface area contributed by atoms with Gasteiger partial charge in [0, 0.05) is 10.9 Å². The third-order valence-corrected chi connectivity index (χ3v) is 5.99. The van der Waals surface area contributed by atoms with Crippen molar-refractivity contribution < 1.29 is 43.9 Å². The van der Waals surface area contributed by atoms with Crippen LogP contribution in [0.5, 0.6) is 0 Å². The Morgan fingerprint density at radius 3 is 1.54 bits per heavy atom. The Bertz CT molecular complexity index is 1690. The summed E-state index contributed by atoms with van der Waals surface area (Å²) >= 11 is 0. The van der Waals surface area contributed by atoms with Gasteiger partial charge in [-0.2, -0.15) is 13.2 Å². The maximum Gasteiger partial charge on any atom is 0.422 e. The van der Waals surface area contributed by atoms with Crippen LogP contribution in [-0.4, -0.2) is 0 Å². The summed E-state index contributed by atoms with van der Waals surface area (Å²) in [7, 11) is 0. The first-order chi connectivity index (χ1) is 17.4. The van der Waals surface area contributed by atoms with Gasteiger partial charge in [0.2, 0.25) is 0 Å². The van der Waals surface area contributed by atoms with Gasteiger partial charge in [-0.05, 0) is 45.5 Å². The van der Waals surface area contributed by atoms with Gasteiger partial charge >= 0.3 is 6.18 Å². The SMILES string of the molecule is Fc1cc2c(-c3ccccc3)c3cccc(F)c3c(-c3c(F)c(F)c(C(F)(F)F)c(F)c3F)c2cc1F. The molecular formula is C27H10F10. The minimum absolute atomic E-state index is 0.0846. The summed E-state index contributed by atoms with van der Waals surface area (Å²) in [5, 5.41) is -1.63. The van der Waals surface area contributed by atoms with Crippen molar-refractivity contribution in [3.05, 3.63) is 107 Å². The van der Waals surface area contributed by atoms with Crippen LogP contribution >= 0.6 is 0 Å². The van der Waals surface area contributed by atoms with Crippen molar-refractivity contribution in [1.82, 2.24) is 0 Å². The highest BCUT2D eigenvalue weighted by molar-refractivity contribution is 6.21. The van der Waals surface area contributed by atoms with Crippen LogP contribution in [0.2, 0.25) is 0 Å². The van der Waals surface area contributed by atoms with Gasteiger partial charge in [0.1, 0.15) is 11.4 Å². The number of halogens is 10. The molecule has 0 aliphatic carbocycles. The molecule has 0 fully saturated rings. The zero-order chi connectivity index (χ0) is 26.8. The van der Waals surface area contributed by atoms with Crippen molar-refractivity contribution in [1.29, 1.82) is 0 Å². The van der Waals surface area contributed by atoms with Crippen LogP contribution < -0.4 is 0 Å². The Morgan fingerprint density at radius 1 is 0.459 bits per heavy atom. The third kappa shape index (κ3) is 3.70. The van der Waals surface area contributed by atoms with Crippen LogP contribution in [0, 0.1) is 40.7 Å². The average molecular weight is 524 g/mol. The van der Waals surface area contributed by atoms with E-state index in [-0.39, 0.29) is 16.3 Å². The minimum atomic E-state index is -5.81. The molecule has 0 N–H and O–H groups in total. The van der Waals surface area contributed by atoms with E-state index in [1.165, 1.54) is 24.3 Å². The van der Waals surface area contributed by atoms with Gasteiger partial charge < -0.3 is 0 Å². The second-order valence-electron chi connectivity index (χ2n) is 8.09. The summed E-state index contributed by atoms with van der Waals surface area (Å²) in [6.45, 7) is 0. The molecule has 5 rings (SSSR count). The normalized spacial score (nSPS) is 12.1. The molecule has 10 heteroatoms. The van der Waals surface area contributed by atoms with Crippen LogP contribution in [0.25, 0.3) is 43.8 Å². The number of fused-ring (bicyclic) bond motifs is 2.